The highest BCUT2D eigenvalue weighted by Crippen LogP contribution is 2.48. The molecule has 2 unspecified atom stereocenters. The number of benzene rings is 2. The van der Waals surface area contributed by atoms with Crippen LogP contribution in [-0.4, -0.2) is 31.6 Å². The lowest BCUT2D eigenvalue weighted by molar-refractivity contribution is -0.146. The second-order valence-corrected chi connectivity index (χ2v) is 8.27. The smallest absolute Gasteiger partial charge is 0.248 e. The lowest BCUT2D eigenvalue weighted by atomic mass is 9.92. The van der Waals surface area contributed by atoms with Crippen molar-refractivity contribution in [2.45, 2.75) is 35.7 Å². The van der Waals surface area contributed by atoms with Gasteiger partial charge in [0.15, 0.2) is 15.1 Å². The summed E-state index contributed by atoms with van der Waals surface area (Å²) in [5.74, 6) is -1.10. The molecule has 6 heteroatoms. The summed E-state index contributed by atoms with van der Waals surface area (Å²) < 4.78 is 74.7. The molecule has 0 aliphatic carbocycles. The van der Waals surface area contributed by atoms with Gasteiger partial charge in [-0.25, -0.2) is 8.42 Å². The Morgan fingerprint density at radius 1 is 1.20 bits per heavy atom. The van der Waals surface area contributed by atoms with Gasteiger partial charge in [-0.3, -0.25) is 4.79 Å². The van der Waals surface area contributed by atoms with Gasteiger partial charge < -0.3 is 9.64 Å². The van der Waals surface area contributed by atoms with Gasteiger partial charge >= 0.3 is 0 Å². The molecule has 2 aromatic carbocycles. The Balaban J connectivity index is 2.16. The molecule has 130 valence electrons. The number of ether oxygens (including phenoxy) is 1. The van der Waals surface area contributed by atoms with E-state index in [1.54, 1.807) is 19.9 Å². The van der Waals surface area contributed by atoms with Crippen LogP contribution in [0.5, 0.6) is 0 Å². The van der Waals surface area contributed by atoms with Gasteiger partial charge in [-0.1, -0.05) is 42.4 Å². The number of hydrogen-bond acceptors (Lipinski definition) is 4. The van der Waals surface area contributed by atoms with Crippen LogP contribution in [0.2, 0.25) is 0 Å². The van der Waals surface area contributed by atoms with Crippen molar-refractivity contribution in [2.75, 3.05) is 6.61 Å². The average molecular weight is 362 g/mol. The molecule has 1 amide bonds. The summed E-state index contributed by atoms with van der Waals surface area (Å²) >= 11 is 0. The molecule has 0 bridgehead atoms. The molecule has 1 saturated heterocycles. The summed E-state index contributed by atoms with van der Waals surface area (Å²) in [6.07, 6.45) is 0. The van der Waals surface area contributed by atoms with E-state index in [1.807, 2.05) is 0 Å². The molecule has 2 heterocycles. The van der Waals surface area contributed by atoms with Crippen molar-refractivity contribution in [3.63, 3.8) is 0 Å². The Morgan fingerprint density at radius 3 is 2.52 bits per heavy atom. The number of hydrogen-bond donors (Lipinski definition) is 0. The number of fused-ring (bicyclic) bond motifs is 3. The van der Waals surface area contributed by atoms with Crippen LogP contribution in [0.3, 0.4) is 0 Å². The van der Waals surface area contributed by atoms with Gasteiger partial charge in [-0.15, -0.1) is 0 Å². The van der Waals surface area contributed by atoms with Crippen molar-refractivity contribution in [3.05, 3.63) is 65.6 Å². The molecule has 0 radical (unpaired) electrons. The molecule has 25 heavy (non-hydrogen) atoms. The van der Waals surface area contributed by atoms with Crippen molar-refractivity contribution in [2.24, 2.45) is 0 Å². The van der Waals surface area contributed by atoms with Crippen molar-refractivity contribution < 1.29 is 24.8 Å². The Labute approximate surface area is 154 Å². The molecule has 2 atom stereocenters. The largest absolute Gasteiger partial charge is 0.354 e. The fourth-order valence-electron chi connectivity index (χ4n) is 3.34. The first-order chi connectivity index (χ1) is 13.9. The Morgan fingerprint density at radius 2 is 1.84 bits per heavy atom. The summed E-state index contributed by atoms with van der Waals surface area (Å²) in [5, 5.41) is -3.00. The number of rotatable bonds is 2. The van der Waals surface area contributed by atoms with Crippen LogP contribution in [0.4, 0.5) is 0 Å². The molecule has 1 fully saturated rings. The third kappa shape index (κ3) is 2.32. The van der Waals surface area contributed by atoms with E-state index in [0.717, 1.165) is 4.90 Å². The molecule has 0 saturated carbocycles. The molecule has 0 spiro atoms. The van der Waals surface area contributed by atoms with E-state index in [4.69, 9.17) is 11.6 Å². The maximum atomic E-state index is 13.6. The zero-order valence-corrected chi connectivity index (χ0v) is 14.5. The Kier molecular flexibility index (Phi) is 2.47. The minimum atomic E-state index is -4.71. The number of sulfone groups is 1. The Bertz CT molecular complexity index is 1190. The van der Waals surface area contributed by atoms with Gasteiger partial charge in [0.2, 0.25) is 5.91 Å². The summed E-state index contributed by atoms with van der Waals surface area (Å²) in [7, 11) is -4.71. The standard InChI is InChI=1S/C19H19NO4S/c1-19(2)20-16(12-24-19)14-10-6-7-11-15(14)17(18(20)21)25(22,23)13-8-4-3-5-9-13/h3-11,16-17H,12H2,1-2H3/i6D,7D,10D,11D,17D. The maximum Gasteiger partial charge on any atom is 0.248 e. The van der Waals surface area contributed by atoms with Gasteiger partial charge in [0.25, 0.3) is 0 Å². The van der Waals surface area contributed by atoms with E-state index in [1.165, 1.54) is 24.3 Å². The van der Waals surface area contributed by atoms with Crippen LogP contribution < -0.4 is 0 Å². The molecule has 0 N–H and O–H groups in total. The van der Waals surface area contributed by atoms with Crippen molar-refractivity contribution >= 4 is 15.7 Å². The quantitative estimate of drug-likeness (QED) is 0.824. The molecule has 2 aliphatic rings. The number of nitrogens with zero attached hydrogens (tertiary/aromatic N) is 1. The SMILES string of the molecule is [2H]c1c([2H])c([2H])c2c(c1[2H])C1COC(C)(C)N1C(=O)C2([2H])S(=O)(=O)c1ccccc1. The molecule has 5 nitrogen and oxygen atoms in total. The molecule has 0 aromatic heterocycles. The lowest BCUT2D eigenvalue weighted by Gasteiger charge is -2.40. The van der Waals surface area contributed by atoms with Gasteiger partial charge in [0.1, 0.15) is 5.72 Å². The van der Waals surface area contributed by atoms with Crippen molar-refractivity contribution in [3.8, 4) is 0 Å². The molecule has 4 rings (SSSR count). The van der Waals surface area contributed by atoms with E-state index in [9.17, 15) is 13.2 Å². The fourth-order valence-corrected chi connectivity index (χ4v) is 4.84. The van der Waals surface area contributed by atoms with Crippen molar-refractivity contribution in [1.82, 2.24) is 4.90 Å². The van der Waals surface area contributed by atoms with Crippen LogP contribution in [0, 0.1) is 0 Å². The predicted molar refractivity (Wildman–Crippen MR) is 92.4 cm³/mol. The van der Waals surface area contributed by atoms with Crippen LogP contribution >= 0.6 is 0 Å². The second-order valence-electron chi connectivity index (χ2n) is 6.38. The zero-order valence-electron chi connectivity index (χ0n) is 18.7. The summed E-state index contributed by atoms with van der Waals surface area (Å²) in [6, 6.07) is 3.64. The highest BCUT2D eigenvalue weighted by Gasteiger charge is 2.54. The van der Waals surface area contributed by atoms with Crippen LogP contribution in [-0.2, 0) is 19.4 Å². The fraction of sp³-hybridized carbons (Fsp3) is 0.316. The minimum Gasteiger partial charge on any atom is -0.354 e. The third-order valence-corrected chi connectivity index (χ3v) is 6.31. The minimum absolute atomic E-state index is 0.0741. The van der Waals surface area contributed by atoms with E-state index < -0.39 is 62.5 Å². The first-order valence-corrected chi connectivity index (χ1v) is 9.23. The van der Waals surface area contributed by atoms with E-state index >= 15 is 0 Å². The van der Waals surface area contributed by atoms with E-state index in [0.29, 0.717) is 0 Å². The average Bonchev–Trinajstić information content (AvgIpc) is 3.02. The van der Waals surface area contributed by atoms with Crippen LogP contribution in [0.1, 0.15) is 43.1 Å². The number of amides is 1. The summed E-state index contributed by atoms with van der Waals surface area (Å²) in [4.78, 5) is 14.4. The normalized spacial score (nSPS) is 30.5. The van der Waals surface area contributed by atoms with Gasteiger partial charge in [0.05, 0.1) is 24.4 Å². The van der Waals surface area contributed by atoms with Gasteiger partial charge in [0, 0.05) is 0 Å². The van der Waals surface area contributed by atoms with Crippen LogP contribution in [0.15, 0.2) is 59.4 Å². The Hall–Kier alpha value is -2.18. The highest BCUT2D eigenvalue weighted by atomic mass is 32.2. The predicted octanol–water partition coefficient (Wildman–Crippen LogP) is 2.85. The number of carbonyl (C=O) groups is 1. The third-order valence-electron chi connectivity index (χ3n) is 4.50. The van der Waals surface area contributed by atoms with E-state index in [2.05, 4.69) is 0 Å². The molecule has 2 aromatic rings. The highest BCUT2D eigenvalue weighted by molar-refractivity contribution is 7.92. The molecular formula is C19H19NO4S. The van der Waals surface area contributed by atoms with E-state index in [-0.39, 0.29) is 17.1 Å². The van der Waals surface area contributed by atoms with Crippen LogP contribution in [0.25, 0.3) is 0 Å². The summed E-state index contributed by atoms with van der Waals surface area (Å²) in [5.41, 5.74) is -1.89. The first kappa shape index (κ1) is 11.4. The van der Waals surface area contributed by atoms with Gasteiger partial charge in [-0.05, 0) is 37.1 Å². The zero-order chi connectivity index (χ0) is 22.2. The lowest BCUT2D eigenvalue weighted by Crippen LogP contribution is -2.51. The molecule has 2 aliphatic heterocycles. The van der Waals surface area contributed by atoms with Crippen molar-refractivity contribution in [1.29, 1.82) is 0 Å². The maximum absolute atomic E-state index is 13.6. The summed E-state index contributed by atoms with van der Waals surface area (Å²) in [6.45, 7) is 3.03. The number of carbonyl (C=O) groups excluding carboxylic acids is 1. The molecular weight excluding hydrogens is 338 g/mol. The first-order valence-electron chi connectivity index (χ1n) is 10.3. The second kappa shape index (κ2) is 5.41. The monoisotopic (exact) mass is 362 g/mol. The van der Waals surface area contributed by atoms with Gasteiger partial charge in [-0.2, -0.15) is 0 Å². The topological polar surface area (TPSA) is 63.7 Å².